The Balaban J connectivity index is 1.94. The van der Waals surface area contributed by atoms with E-state index in [1.165, 1.54) is 12.1 Å². The number of carbonyl (C=O) groups excluding carboxylic acids is 2. The minimum atomic E-state index is -0.663. The molecule has 0 atom stereocenters. The van der Waals surface area contributed by atoms with E-state index in [9.17, 15) is 9.59 Å². The molecule has 7 heteroatoms. The second-order valence-electron chi connectivity index (χ2n) is 4.36. The number of amides is 3. The number of nitrogens with one attached hydrogen (secondary N) is 2. The lowest BCUT2D eigenvalue weighted by Gasteiger charge is -2.09. The molecule has 22 heavy (non-hydrogen) atoms. The Labute approximate surface area is 142 Å². The average molecular weight is 358 g/mol. The number of hydrogen-bond donors (Lipinski definition) is 2. The van der Waals surface area contributed by atoms with Crippen molar-refractivity contribution in [3.8, 4) is 0 Å². The third-order valence-electron chi connectivity index (χ3n) is 2.78. The maximum atomic E-state index is 12.0. The second-order valence-corrected chi connectivity index (χ2v) is 5.61. The molecule has 2 aromatic rings. The number of imide groups is 1. The van der Waals surface area contributed by atoms with E-state index >= 15 is 0 Å². The Kier molecular flexibility index (Phi) is 5.66. The lowest BCUT2D eigenvalue weighted by atomic mass is 10.2. The summed E-state index contributed by atoms with van der Waals surface area (Å²) in [6.45, 7) is 0.256. The highest BCUT2D eigenvalue weighted by molar-refractivity contribution is 6.40. The minimum Gasteiger partial charge on any atom is -0.334 e. The second kappa shape index (κ2) is 7.49. The zero-order valence-electron chi connectivity index (χ0n) is 11.2. The van der Waals surface area contributed by atoms with Crippen molar-refractivity contribution in [2.45, 2.75) is 6.54 Å². The van der Waals surface area contributed by atoms with Crippen LogP contribution in [0.15, 0.2) is 42.5 Å². The predicted octanol–water partition coefficient (Wildman–Crippen LogP) is 4.29. The fourth-order valence-corrected chi connectivity index (χ4v) is 2.40. The molecular weight excluding hydrogens is 347 g/mol. The van der Waals surface area contributed by atoms with Crippen molar-refractivity contribution < 1.29 is 9.59 Å². The Bertz CT molecular complexity index is 682. The van der Waals surface area contributed by atoms with E-state index in [1.807, 2.05) is 0 Å². The van der Waals surface area contributed by atoms with Gasteiger partial charge >= 0.3 is 6.03 Å². The van der Waals surface area contributed by atoms with E-state index in [1.54, 1.807) is 30.3 Å². The van der Waals surface area contributed by atoms with Crippen LogP contribution in [0.4, 0.5) is 4.79 Å². The number of halogens is 3. The summed E-state index contributed by atoms with van der Waals surface area (Å²) in [5, 5.41) is 5.69. The molecule has 0 heterocycles. The molecule has 2 N–H and O–H groups in total. The number of rotatable bonds is 3. The Hall–Kier alpha value is -1.75. The summed E-state index contributed by atoms with van der Waals surface area (Å²) >= 11 is 17.6. The minimum absolute atomic E-state index is 0.0625. The van der Waals surface area contributed by atoms with Gasteiger partial charge in [0.2, 0.25) is 0 Å². The maximum absolute atomic E-state index is 12.0. The van der Waals surface area contributed by atoms with E-state index < -0.39 is 11.9 Å². The van der Waals surface area contributed by atoms with E-state index in [0.717, 1.165) is 5.56 Å². The maximum Gasteiger partial charge on any atom is 0.321 e. The molecule has 0 fully saturated rings. The van der Waals surface area contributed by atoms with E-state index in [-0.39, 0.29) is 22.2 Å². The zero-order chi connectivity index (χ0) is 16.1. The highest BCUT2D eigenvalue weighted by Crippen LogP contribution is 2.23. The fourth-order valence-electron chi connectivity index (χ4n) is 1.71. The van der Waals surface area contributed by atoms with Crippen LogP contribution in [0.2, 0.25) is 15.1 Å². The monoisotopic (exact) mass is 356 g/mol. The van der Waals surface area contributed by atoms with Crippen LogP contribution in [-0.2, 0) is 6.54 Å². The molecule has 4 nitrogen and oxygen atoms in total. The molecule has 0 radical (unpaired) electrons. The molecule has 0 bridgehead atoms. The first-order valence-corrected chi connectivity index (χ1v) is 7.38. The predicted molar refractivity (Wildman–Crippen MR) is 87.6 cm³/mol. The van der Waals surface area contributed by atoms with Crippen molar-refractivity contribution in [3.05, 3.63) is 68.7 Å². The molecule has 0 spiro atoms. The first-order chi connectivity index (χ1) is 10.5. The van der Waals surface area contributed by atoms with Crippen LogP contribution in [0.5, 0.6) is 0 Å². The molecular formula is C15H11Cl3N2O2. The molecule has 0 aliphatic carbocycles. The third kappa shape index (κ3) is 4.37. The van der Waals surface area contributed by atoms with Crippen molar-refractivity contribution in [1.82, 2.24) is 10.6 Å². The molecule has 0 saturated carbocycles. The largest absolute Gasteiger partial charge is 0.334 e. The van der Waals surface area contributed by atoms with Crippen LogP contribution in [0.25, 0.3) is 0 Å². The van der Waals surface area contributed by atoms with Crippen molar-refractivity contribution in [2.75, 3.05) is 0 Å². The summed E-state index contributed by atoms with van der Waals surface area (Å²) in [6.07, 6.45) is 0. The van der Waals surface area contributed by atoms with Gasteiger partial charge in [-0.2, -0.15) is 0 Å². The van der Waals surface area contributed by atoms with Gasteiger partial charge < -0.3 is 5.32 Å². The van der Waals surface area contributed by atoms with Crippen LogP contribution >= 0.6 is 34.8 Å². The topological polar surface area (TPSA) is 58.2 Å². The van der Waals surface area contributed by atoms with Gasteiger partial charge in [0, 0.05) is 11.6 Å². The molecule has 2 aromatic carbocycles. The van der Waals surface area contributed by atoms with Gasteiger partial charge in [-0.1, -0.05) is 53.0 Å². The summed E-state index contributed by atoms with van der Waals surface area (Å²) in [6, 6.07) is 11.0. The van der Waals surface area contributed by atoms with Crippen LogP contribution in [0, 0.1) is 0 Å². The van der Waals surface area contributed by atoms with Gasteiger partial charge in [0.05, 0.1) is 15.6 Å². The lowest BCUT2D eigenvalue weighted by Crippen LogP contribution is -2.39. The molecule has 114 valence electrons. The van der Waals surface area contributed by atoms with E-state index in [4.69, 9.17) is 34.8 Å². The highest BCUT2D eigenvalue weighted by Gasteiger charge is 2.16. The molecule has 0 aliphatic heterocycles. The van der Waals surface area contributed by atoms with Gasteiger partial charge in [0.15, 0.2) is 0 Å². The summed E-state index contributed by atoms with van der Waals surface area (Å²) < 4.78 is 0. The Morgan fingerprint density at radius 2 is 1.50 bits per heavy atom. The van der Waals surface area contributed by atoms with Crippen LogP contribution in [0.3, 0.4) is 0 Å². The molecule has 2 rings (SSSR count). The van der Waals surface area contributed by atoms with Crippen molar-refractivity contribution >= 4 is 46.7 Å². The number of carbonyl (C=O) groups is 2. The summed E-state index contributed by atoms with van der Waals surface area (Å²) in [7, 11) is 0. The Morgan fingerprint density at radius 1 is 0.909 bits per heavy atom. The van der Waals surface area contributed by atoms with Gasteiger partial charge in [0.25, 0.3) is 5.91 Å². The number of urea groups is 1. The highest BCUT2D eigenvalue weighted by atomic mass is 35.5. The molecule has 3 amide bonds. The molecule has 0 aliphatic rings. The van der Waals surface area contributed by atoms with Crippen LogP contribution < -0.4 is 10.6 Å². The van der Waals surface area contributed by atoms with Crippen LogP contribution in [0.1, 0.15) is 15.9 Å². The summed E-state index contributed by atoms with van der Waals surface area (Å²) in [5.41, 5.74) is 0.912. The lowest BCUT2D eigenvalue weighted by molar-refractivity contribution is 0.0964. The first kappa shape index (κ1) is 16.6. The molecule has 0 saturated heterocycles. The van der Waals surface area contributed by atoms with Crippen molar-refractivity contribution in [2.24, 2.45) is 0 Å². The summed E-state index contributed by atoms with van der Waals surface area (Å²) in [4.78, 5) is 23.7. The van der Waals surface area contributed by atoms with E-state index in [2.05, 4.69) is 10.6 Å². The summed E-state index contributed by atoms with van der Waals surface area (Å²) in [5.74, 6) is -0.663. The Morgan fingerprint density at radius 3 is 2.09 bits per heavy atom. The number of hydrogen-bond acceptors (Lipinski definition) is 2. The first-order valence-electron chi connectivity index (χ1n) is 6.25. The smallest absolute Gasteiger partial charge is 0.321 e. The average Bonchev–Trinajstić information content (AvgIpc) is 2.46. The van der Waals surface area contributed by atoms with Crippen LogP contribution in [-0.4, -0.2) is 11.9 Å². The fraction of sp³-hybridized carbons (Fsp3) is 0.0667. The molecule has 0 unspecified atom stereocenters. The SMILES string of the molecule is O=C(NCc1ccc(Cl)cc1)NC(=O)c1c(Cl)cccc1Cl. The van der Waals surface area contributed by atoms with Crippen molar-refractivity contribution in [3.63, 3.8) is 0 Å². The zero-order valence-corrected chi connectivity index (χ0v) is 13.5. The normalized spacial score (nSPS) is 10.1. The van der Waals surface area contributed by atoms with Crippen molar-refractivity contribution in [1.29, 1.82) is 0 Å². The molecule has 0 aromatic heterocycles. The standard InChI is InChI=1S/C15H11Cl3N2O2/c16-10-6-4-9(5-7-10)8-19-15(22)20-14(21)13-11(17)2-1-3-12(13)18/h1-7H,8H2,(H2,19,20,21,22). The quantitative estimate of drug-likeness (QED) is 0.861. The van der Waals surface area contributed by atoms with Gasteiger partial charge in [-0.3, -0.25) is 10.1 Å². The number of benzene rings is 2. The van der Waals surface area contributed by atoms with Gasteiger partial charge in [-0.25, -0.2) is 4.79 Å². The van der Waals surface area contributed by atoms with Gasteiger partial charge in [-0.15, -0.1) is 0 Å². The van der Waals surface area contributed by atoms with Gasteiger partial charge in [-0.05, 0) is 29.8 Å². The third-order valence-corrected chi connectivity index (χ3v) is 3.67. The van der Waals surface area contributed by atoms with E-state index in [0.29, 0.717) is 5.02 Å². The van der Waals surface area contributed by atoms with Gasteiger partial charge in [0.1, 0.15) is 0 Å².